The average molecular weight is 243 g/mol. The minimum absolute atomic E-state index is 0.198. The van der Waals surface area contributed by atoms with Crippen molar-refractivity contribution in [2.75, 3.05) is 5.88 Å². The molecular weight excluding hydrogens is 228 g/mol. The van der Waals surface area contributed by atoms with E-state index in [1.165, 1.54) is 12.6 Å². The van der Waals surface area contributed by atoms with Gasteiger partial charge in [-0.25, -0.2) is 0 Å². The molecule has 0 saturated heterocycles. The van der Waals surface area contributed by atoms with E-state index in [4.69, 9.17) is 11.6 Å². The minimum Gasteiger partial charge on any atom is -0.344 e. The van der Waals surface area contributed by atoms with Crippen LogP contribution in [-0.4, -0.2) is 32.7 Å². The molecule has 1 saturated carbocycles. The van der Waals surface area contributed by atoms with Gasteiger partial charge in [0, 0.05) is 5.88 Å². The molecule has 1 aliphatic carbocycles. The molecular formula is C10H15ClN4O. The van der Waals surface area contributed by atoms with Gasteiger partial charge in [-0.1, -0.05) is 19.3 Å². The molecule has 0 radical (unpaired) electrons. The molecule has 0 atom stereocenters. The average Bonchev–Trinajstić information content (AvgIpc) is 2.84. The first-order valence-electron chi connectivity index (χ1n) is 5.50. The quantitative estimate of drug-likeness (QED) is 0.789. The Bertz CT molecular complexity index is 346. The van der Waals surface area contributed by atoms with Gasteiger partial charge >= 0.3 is 0 Å². The van der Waals surface area contributed by atoms with Gasteiger partial charge in [0.05, 0.1) is 11.7 Å². The zero-order chi connectivity index (χ0) is 11.4. The van der Waals surface area contributed by atoms with Gasteiger partial charge in [-0.15, -0.1) is 11.6 Å². The molecule has 16 heavy (non-hydrogen) atoms. The number of aromatic nitrogens is 3. The number of alkyl halides is 1. The van der Waals surface area contributed by atoms with Crippen LogP contribution in [0.4, 0.5) is 0 Å². The predicted molar refractivity (Wildman–Crippen MR) is 60.4 cm³/mol. The van der Waals surface area contributed by atoms with Crippen molar-refractivity contribution in [2.24, 2.45) is 0 Å². The fraction of sp³-hybridized carbons (Fsp3) is 0.700. The third-order valence-corrected chi connectivity index (χ3v) is 3.60. The smallest absolute Gasteiger partial charge is 0.273 e. The monoisotopic (exact) mass is 242 g/mol. The van der Waals surface area contributed by atoms with Crippen LogP contribution < -0.4 is 5.32 Å². The van der Waals surface area contributed by atoms with Gasteiger partial charge in [0.15, 0.2) is 5.69 Å². The first kappa shape index (κ1) is 11.4. The summed E-state index contributed by atoms with van der Waals surface area (Å²) in [7, 11) is 0. The zero-order valence-electron chi connectivity index (χ0n) is 9.00. The van der Waals surface area contributed by atoms with Crippen LogP contribution in [0, 0.1) is 0 Å². The van der Waals surface area contributed by atoms with Crippen LogP contribution in [0.25, 0.3) is 0 Å². The number of nitrogens with one attached hydrogen (secondary N) is 2. The van der Waals surface area contributed by atoms with E-state index in [0.717, 1.165) is 25.7 Å². The Morgan fingerprint density at radius 3 is 2.81 bits per heavy atom. The van der Waals surface area contributed by atoms with Crippen molar-refractivity contribution in [3.05, 3.63) is 11.9 Å². The second-order valence-electron chi connectivity index (χ2n) is 4.28. The summed E-state index contributed by atoms with van der Waals surface area (Å²) in [5.74, 6) is 0.257. The van der Waals surface area contributed by atoms with Crippen molar-refractivity contribution in [3.8, 4) is 0 Å². The molecule has 0 spiro atoms. The second kappa shape index (κ2) is 4.82. The largest absolute Gasteiger partial charge is 0.344 e. The number of amides is 1. The zero-order valence-corrected chi connectivity index (χ0v) is 9.76. The highest BCUT2D eigenvalue weighted by atomic mass is 35.5. The van der Waals surface area contributed by atoms with Gasteiger partial charge in [-0.05, 0) is 12.8 Å². The lowest BCUT2D eigenvalue weighted by Gasteiger charge is -2.36. The number of hydrogen-bond acceptors (Lipinski definition) is 3. The summed E-state index contributed by atoms with van der Waals surface area (Å²) in [6.07, 6.45) is 6.76. The van der Waals surface area contributed by atoms with Crippen molar-refractivity contribution in [1.82, 2.24) is 20.7 Å². The second-order valence-corrected chi connectivity index (χ2v) is 4.55. The Labute approximate surface area is 98.9 Å². The molecule has 0 aliphatic heterocycles. The van der Waals surface area contributed by atoms with E-state index in [1.807, 2.05) is 0 Å². The maximum absolute atomic E-state index is 11.8. The van der Waals surface area contributed by atoms with Crippen molar-refractivity contribution >= 4 is 17.5 Å². The lowest BCUT2D eigenvalue weighted by atomic mass is 9.83. The Balaban J connectivity index is 2.03. The molecule has 2 N–H and O–H groups in total. The first-order valence-corrected chi connectivity index (χ1v) is 6.03. The molecule has 1 fully saturated rings. The molecule has 1 aromatic heterocycles. The SMILES string of the molecule is O=C(NC1(CCl)CCCCC1)c1cn[nH]n1. The van der Waals surface area contributed by atoms with Crippen molar-refractivity contribution in [2.45, 2.75) is 37.6 Å². The Hall–Kier alpha value is -1.10. The summed E-state index contributed by atoms with van der Waals surface area (Å²) >= 11 is 5.98. The van der Waals surface area contributed by atoms with Gasteiger partial charge in [-0.2, -0.15) is 15.4 Å². The highest BCUT2D eigenvalue weighted by Gasteiger charge is 2.33. The van der Waals surface area contributed by atoms with Gasteiger partial charge in [-0.3, -0.25) is 4.79 Å². The fourth-order valence-electron chi connectivity index (χ4n) is 2.14. The van der Waals surface area contributed by atoms with Crippen molar-refractivity contribution in [1.29, 1.82) is 0 Å². The van der Waals surface area contributed by atoms with E-state index in [0.29, 0.717) is 11.6 Å². The van der Waals surface area contributed by atoms with Crippen molar-refractivity contribution < 1.29 is 4.79 Å². The van der Waals surface area contributed by atoms with Crippen LogP contribution in [0.1, 0.15) is 42.6 Å². The molecule has 0 unspecified atom stereocenters. The highest BCUT2D eigenvalue weighted by Crippen LogP contribution is 2.29. The highest BCUT2D eigenvalue weighted by molar-refractivity contribution is 6.18. The van der Waals surface area contributed by atoms with Gasteiger partial charge in [0.1, 0.15) is 0 Å². The Morgan fingerprint density at radius 2 is 2.25 bits per heavy atom. The number of hydrogen-bond donors (Lipinski definition) is 2. The van der Waals surface area contributed by atoms with Gasteiger partial charge in [0.25, 0.3) is 5.91 Å². The summed E-state index contributed by atoms with van der Waals surface area (Å²) in [4.78, 5) is 11.8. The topological polar surface area (TPSA) is 70.7 Å². The van der Waals surface area contributed by atoms with E-state index >= 15 is 0 Å². The number of aromatic amines is 1. The standard InChI is InChI=1S/C10H15ClN4O/c11-7-10(4-2-1-3-5-10)13-9(16)8-6-12-15-14-8/h6H,1-5,7H2,(H,13,16)(H,12,14,15). The van der Waals surface area contributed by atoms with Crippen LogP contribution in [0.3, 0.4) is 0 Å². The van der Waals surface area contributed by atoms with E-state index in [2.05, 4.69) is 20.7 Å². The molecule has 0 aromatic carbocycles. The number of halogens is 1. The third-order valence-electron chi connectivity index (χ3n) is 3.09. The molecule has 1 aromatic rings. The Morgan fingerprint density at radius 1 is 1.50 bits per heavy atom. The molecule has 1 heterocycles. The normalized spacial score (nSPS) is 19.3. The van der Waals surface area contributed by atoms with E-state index < -0.39 is 0 Å². The number of rotatable bonds is 3. The van der Waals surface area contributed by atoms with E-state index in [-0.39, 0.29) is 11.4 Å². The number of carbonyl (C=O) groups is 1. The van der Waals surface area contributed by atoms with Gasteiger partial charge < -0.3 is 5.32 Å². The van der Waals surface area contributed by atoms with Crippen LogP contribution in [0.2, 0.25) is 0 Å². The molecule has 0 bridgehead atoms. The van der Waals surface area contributed by atoms with E-state index in [1.54, 1.807) is 0 Å². The molecule has 88 valence electrons. The minimum atomic E-state index is -0.254. The van der Waals surface area contributed by atoms with Gasteiger partial charge in [0.2, 0.25) is 0 Å². The number of H-pyrrole nitrogens is 1. The van der Waals surface area contributed by atoms with Crippen LogP contribution in [0.15, 0.2) is 6.20 Å². The molecule has 1 aliphatic rings. The number of carbonyl (C=O) groups excluding carboxylic acids is 1. The Kier molecular flexibility index (Phi) is 3.43. The van der Waals surface area contributed by atoms with E-state index in [9.17, 15) is 4.79 Å². The fourth-order valence-corrected chi connectivity index (χ4v) is 2.47. The maximum Gasteiger partial charge on any atom is 0.273 e. The van der Waals surface area contributed by atoms with Crippen LogP contribution in [-0.2, 0) is 0 Å². The summed E-state index contributed by atoms with van der Waals surface area (Å²) in [6.45, 7) is 0. The predicted octanol–water partition coefficient (Wildman–Crippen LogP) is 1.48. The summed E-state index contributed by atoms with van der Waals surface area (Å²) < 4.78 is 0. The number of nitrogens with zero attached hydrogens (tertiary/aromatic N) is 2. The third kappa shape index (κ3) is 2.35. The summed E-state index contributed by atoms with van der Waals surface area (Å²) in [5.41, 5.74) is 0.0607. The lowest BCUT2D eigenvalue weighted by Crippen LogP contribution is -2.51. The first-order chi connectivity index (χ1) is 7.76. The lowest BCUT2D eigenvalue weighted by molar-refractivity contribution is 0.0879. The van der Waals surface area contributed by atoms with Crippen LogP contribution in [0.5, 0.6) is 0 Å². The molecule has 5 nitrogen and oxygen atoms in total. The maximum atomic E-state index is 11.8. The van der Waals surface area contributed by atoms with Crippen LogP contribution >= 0.6 is 11.6 Å². The molecule has 6 heteroatoms. The summed E-state index contributed by atoms with van der Waals surface area (Å²) in [6, 6.07) is 0. The van der Waals surface area contributed by atoms with Crippen molar-refractivity contribution in [3.63, 3.8) is 0 Å². The molecule has 2 rings (SSSR count). The molecule has 1 amide bonds. The summed E-state index contributed by atoms with van der Waals surface area (Å²) in [5, 5.41) is 12.8.